The first-order valence-corrected chi connectivity index (χ1v) is 17.1. The summed E-state index contributed by atoms with van der Waals surface area (Å²) in [5.41, 5.74) is 3.19. The van der Waals surface area contributed by atoms with Crippen LogP contribution in [-0.2, 0) is 4.79 Å². The zero-order valence-corrected chi connectivity index (χ0v) is 27.9. The van der Waals surface area contributed by atoms with E-state index in [0.717, 1.165) is 57.1 Å². The van der Waals surface area contributed by atoms with Gasteiger partial charge in [-0.15, -0.1) is 0 Å². The molecule has 0 saturated carbocycles. The number of ether oxygens (including phenoxy) is 1. The second-order valence-electron chi connectivity index (χ2n) is 12.5. The molecule has 0 aliphatic heterocycles. The van der Waals surface area contributed by atoms with E-state index >= 15 is 0 Å². The van der Waals surface area contributed by atoms with Gasteiger partial charge in [0.05, 0.1) is 5.41 Å². The van der Waals surface area contributed by atoms with Crippen LogP contribution < -0.4 is 4.74 Å². The molecule has 0 fully saturated rings. The summed E-state index contributed by atoms with van der Waals surface area (Å²) in [6.45, 7) is 10.3. The van der Waals surface area contributed by atoms with Crippen molar-refractivity contribution in [2.24, 2.45) is 11.3 Å². The number of benzene rings is 4. The molecule has 1 aliphatic rings. The molecule has 4 aromatic rings. The lowest BCUT2D eigenvalue weighted by Gasteiger charge is -2.34. The fourth-order valence-corrected chi connectivity index (χ4v) is 9.00. The third-order valence-electron chi connectivity index (χ3n) is 8.97. The molecule has 0 heterocycles. The quantitative estimate of drug-likeness (QED) is 0.0630. The molecule has 3 N–H and O–H groups in total. The number of rotatable bonds is 9. The minimum Gasteiger partial charge on any atom is -0.507 e. The van der Waals surface area contributed by atoms with Gasteiger partial charge in [-0.1, -0.05) is 62.2 Å². The molecule has 1 aliphatic carbocycles. The van der Waals surface area contributed by atoms with Crippen molar-refractivity contribution in [3.63, 3.8) is 0 Å². The van der Waals surface area contributed by atoms with Crippen molar-refractivity contribution < 1.29 is 29.6 Å². The van der Waals surface area contributed by atoms with Gasteiger partial charge in [0.1, 0.15) is 22.8 Å². The summed E-state index contributed by atoms with van der Waals surface area (Å²) in [5.74, 6) is -1.49. The molecule has 5 rings (SSSR count). The molecule has 0 bridgehead atoms. The fraction of sp³-hybridized carbons (Fsp3) is 0.282. The van der Waals surface area contributed by atoms with Crippen molar-refractivity contribution >= 4 is 22.8 Å². The molecule has 3 atom stereocenters. The second kappa shape index (κ2) is 13.5. The Balaban J connectivity index is 1.48. The second-order valence-corrected chi connectivity index (χ2v) is 14.7. The Kier molecular flexibility index (Phi) is 9.63. The average molecular weight is 639 g/mol. The average Bonchev–Trinajstić information content (AvgIpc) is 3.02. The topological polar surface area (TPSA) is 104 Å². The number of esters is 1. The van der Waals surface area contributed by atoms with Gasteiger partial charge >= 0.3 is 11.9 Å². The standard InChI is InChI=1S/C39H42O6S/c1-6-26-19-27(7-2)23-39(5,22-26)38(44)45-36-24(3)17-32(18-25(36)4)46(30-11-9-8-10-12-30)31-15-13-28(14-16-31)29-20-33(40)35(37(42)43)34(41)21-29/h8-18,20-22,27,40-41,46H,6-7,19,23H2,1-5H3,(H,42,43). The number of carbonyl (C=O) groups excluding carboxylic acids is 1. The third kappa shape index (κ3) is 6.70. The van der Waals surface area contributed by atoms with Crippen molar-refractivity contribution in [3.05, 3.63) is 107 Å². The molecular weight excluding hydrogens is 596 g/mol. The van der Waals surface area contributed by atoms with Crippen LogP contribution >= 0.6 is 10.9 Å². The highest BCUT2D eigenvalue weighted by Crippen LogP contribution is 2.53. The van der Waals surface area contributed by atoms with E-state index in [1.165, 1.54) is 17.7 Å². The first-order chi connectivity index (χ1) is 21.9. The van der Waals surface area contributed by atoms with Gasteiger partial charge in [-0.25, -0.2) is 4.79 Å². The minimum absolute atomic E-state index is 0.204. The van der Waals surface area contributed by atoms with Crippen LogP contribution in [0, 0.1) is 25.2 Å². The van der Waals surface area contributed by atoms with E-state index in [9.17, 15) is 24.9 Å². The van der Waals surface area contributed by atoms with E-state index in [4.69, 9.17) is 4.74 Å². The first kappa shape index (κ1) is 32.9. The number of allylic oxidation sites excluding steroid dienone is 1. The molecule has 0 radical (unpaired) electrons. The zero-order valence-electron chi connectivity index (χ0n) is 27.0. The van der Waals surface area contributed by atoms with Crippen LogP contribution in [0.2, 0.25) is 0 Å². The van der Waals surface area contributed by atoms with Crippen molar-refractivity contribution in [2.75, 3.05) is 0 Å². The lowest BCUT2D eigenvalue weighted by molar-refractivity contribution is -0.143. The monoisotopic (exact) mass is 638 g/mol. The van der Waals surface area contributed by atoms with E-state index in [0.29, 0.717) is 17.2 Å². The van der Waals surface area contributed by atoms with Crippen LogP contribution in [0.15, 0.2) is 105 Å². The van der Waals surface area contributed by atoms with Gasteiger partial charge in [-0.05, 0) is 131 Å². The lowest BCUT2D eigenvalue weighted by Crippen LogP contribution is -2.35. The number of aromatic carboxylic acids is 1. The predicted octanol–water partition coefficient (Wildman–Crippen LogP) is 9.63. The fourth-order valence-electron chi connectivity index (χ4n) is 6.54. The number of carboxylic acid groups (broad SMARTS) is 1. The molecule has 3 unspecified atom stereocenters. The van der Waals surface area contributed by atoms with Gasteiger partial charge in [0, 0.05) is 0 Å². The number of aryl methyl sites for hydroxylation is 2. The summed E-state index contributed by atoms with van der Waals surface area (Å²) in [4.78, 5) is 28.5. The smallest absolute Gasteiger partial charge is 0.343 e. The Bertz CT molecular complexity index is 1750. The van der Waals surface area contributed by atoms with Gasteiger partial charge in [0.25, 0.3) is 0 Å². The molecule has 0 aromatic heterocycles. The molecule has 0 spiro atoms. The Morgan fingerprint density at radius 2 is 1.43 bits per heavy atom. The molecule has 0 saturated heterocycles. The van der Waals surface area contributed by atoms with E-state index < -0.39 is 39.3 Å². The predicted molar refractivity (Wildman–Crippen MR) is 183 cm³/mol. The number of carboxylic acids is 1. The van der Waals surface area contributed by atoms with Crippen LogP contribution in [-0.4, -0.2) is 27.3 Å². The molecule has 7 heteroatoms. The summed E-state index contributed by atoms with van der Waals surface area (Å²) in [6, 6.07) is 25.1. The largest absolute Gasteiger partial charge is 0.507 e. The normalized spacial score (nSPS) is 18.8. The lowest BCUT2D eigenvalue weighted by atomic mass is 9.71. The van der Waals surface area contributed by atoms with E-state index in [1.807, 2.05) is 63.2 Å². The van der Waals surface area contributed by atoms with Gasteiger partial charge in [-0.2, -0.15) is 10.9 Å². The van der Waals surface area contributed by atoms with Crippen molar-refractivity contribution in [1.82, 2.24) is 0 Å². The maximum absolute atomic E-state index is 13.7. The van der Waals surface area contributed by atoms with Crippen molar-refractivity contribution in [3.8, 4) is 28.4 Å². The molecule has 46 heavy (non-hydrogen) atoms. The Morgan fingerprint density at radius 3 is 1.98 bits per heavy atom. The van der Waals surface area contributed by atoms with Crippen LogP contribution in [0.3, 0.4) is 0 Å². The number of hydrogen-bond donors (Lipinski definition) is 4. The highest BCUT2D eigenvalue weighted by molar-refractivity contribution is 8.17. The molecular formula is C39H42O6S. The Morgan fingerprint density at radius 1 is 0.848 bits per heavy atom. The van der Waals surface area contributed by atoms with Gasteiger partial charge in [-0.3, -0.25) is 4.79 Å². The Labute approximate surface area is 273 Å². The summed E-state index contributed by atoms with van der Waals surface area (Å²) >= 11 is 0. The van der Waals surface area contributed by atoms with E-state index in [-0.39, 0.29) is 5.97 Å². The third-order valence-corrected chi connectivity index (χ3v) is 11.4. The summed E-state index contributed by atoms with van der Waals surface area (Å²) in [7, 11) is -0.984. The van der Waals surface area contributed by atoms with E-state index in [2.05, 4.69) is 44.2 Å². The number of aromatic hydroxyl groups is 2. The van der Waals surface area contributed by atoms with Crippen LogP contribution in [0.1, 0.15) is 67.9 Å². The van der Waals surface area contributed by atoms with Crippen LogP contribution in [0.25, 0.3) is 11.1 Å². The molecule has 240 valence electrons. The van der Waals surface area contributed by atoms with Crippen LogP contribution in [0.4, 0.5) is 0 Å². The number of carbonyl (C=O) groups is 2. The number of phenols is 2. The summed E-state index contributed by atoms with van der Waals surface area (Å²) in [6.07, 6.45) is 5.97. The Hall–Kier alpha value is -4.49. The van der Waals surface area contributed by atoms with Crippen molar-refractivity contribution in [1.29, 1.82) is 0 Å². The number of hydrogen-bond acceptors (Lipinski definition) is 5. The molecule has 0 amide bonds. The van der Waals surface area contributed by atoms with Gasteiger partial charge < -0.3 is 20.1 Å². The maximum Gasteiger partial charge on any atom is 0.343 e. The molecule has 6 nitrogen and oxygen atoms in total. The highest BCUT2D eigenvalue weighted by Gasteiger charge is 2.39. The summed E-state index contributed by atoms with van der Waals surface area (Å²) < 4.78 is 6.20. The molecule has 4 aromatic carbocycles. The van der Waals surface area contributed by atoms with E-state index in [1.54, 1.807) is 0 Å². The first-order valence-electron chi connectivity index (χ1n) is 15.7. The van der Waals surface area contributed by atoms with Crippen LogP contribution in [0.5, 0.6) is 17.2 Å². The van der Waals surface area contributed by atoms with Gasteiger partial charge in [0.2, 0.25) is 0 Å². The highest BCUT2D eigenvalue weighted by atomic mass is 32.2. The maximum atomic E-state index is 13.7. The van der Waals surface area contributed by atoms with Crippen molar-refractivity contribution in [2.45, 2.75) is 75.0 Å². The minimum atomic E-state index is -1.40. The SMILES string of the molecule is CCC1=CC(C)(C(=O)Oc2c(C)cc([SH](c3ccccc3)c3ccc(-c4cc(O)c(C(=O)O)c(O)c4)cc3)cc2C)CC(CC)C1. The number of thiol groups is 1. The summed E-state index contributed by atoms with van der Waals surface area (Å²) in [5, 5.41) is 29.8. The zero-order chi connectivity index (χ0) is 33.2. The van der Waals surface area contributed by atoms with Gasteiger partial charge in [0.15, 0.2) is 0 Å².